The first-order valence-electron chi connectivity index (χ1n) is 6.94. The average molecular weight is 293 g/mol. The molecule has 1 aromatic rings. The number of rotatable bonds is 6. The second kappa shape index (κ2) is 7.03. The summed E-state index contributed by atoms with van der Waals surface area (Å²) in [7, 11) is 1.77. The van der Waals surface area contributed by atoms with Gasteiger partial charge < -0.3 is 15.0 Å². The number of likely N-dealkylation sites (tertiary alicyclic amines) is 1. The predicted octanol–water partition coefficient (Wildman–Crippen LogP) is 1.32. The van der Waals surface area contributed by atoms with Crippen molar-refractivity contribution in [1.29, 1.82) is 0 Å². The summed E-state index contributed by atoms with van der Waals surface area (Å²) < 4.78 is 5.35. The highest BCUT2D eigenvalue weighted by Crippen LogP contribution is 2.28. The van der Waals surface area contributed by atoms with Gasteiger partial charge >= 0.3 is 5.69 Å². The molecule has 7 nitrogen and oxygen atoms in total. The largest absolute Gasteiger partial charge is 0.477 e. The van der Waals surface area contributed by atoms with Crippen LogP contribution in [-0.2, 0) is 11.3 Å². The zero-order valence-electron chi connectivity index (χ0n) is 12.0. The van der Waals surface area contributed by atoms with Crippen molar-refractivity contribution in [2.75, 3.05) is 26.7 Å². The average Bonchev–Trinajstić information content (AvgIpc) is 3.00. The van der Waals surface area contributed by atoms with E-state index in [2.05, 4.69) is 5.32 Å². The van der Waals surface area contributed by atoms with Crippen molar-refractivity contribution in [1.82, 2.24) is 10.2 Å². The molecule has 7 heteroatoms. The lowest BCUT2D eigenvalue weighted by atomic mass is 10.2. The summed E-state index contributed by atoms with van der Waals surface area (Å²) in [6.07, 6.45) is 2.01. The van der Waals surface area contributed by atoms with Gasteiger partial charge in [0.05, 0.1) is 4.92 Å². The molecular weight excluding hydrogens is 274 g/mol. The highest BCUT2D eigenvalue weighted by Gasteiger charge is 2.21. The fourth-order valence-corrected chi connectivity index (χ4v) is 2.34. The van der Waals surface area contributed by atoms with Crippen LogP contribution in [0.15, 0.2) is 18.2 Å². The Morgan fingerprint density at radius 1 is 1.43 bits per heavy atom. The molecule has 1 aliphatic heterocycles. The summed E-state index contributed by atoms with van der Waals surface area (Å²) in [6, 6.07) is 4.76. The third kappa shape index (κ3) is 3.91. The van der Waals surface area contributed by atoms with Crippen molar-refractivity contribution in [2.45, 2.75) is 19.4 Å². The minimum atomic E-state index is -0.491. The maximum Gasteiger partial charge on any atom is 0.311 e. The molecule has 0 atom stereocenters. The number of nitro benzene ring substituents is 1. The number of ether oxygens (including phenoxy) is 1. The number of nitrogens with zero attached hydrogens (tertiary/aromatic N) is 2. The Bertz CT molecular complexity index is 527. The number of carbonyl (C=O) groups excluding carboxylic acids is 1. The summed E-state index contributed by atoms with van der Waals surface area (Å²) >= 11 is 0. The standard InChI is InChI=1S/C14H19N3O4/c1-15-9-11-4-5-13(12(8-11)17(19)20)21-10-14(18)16-6-2-3-7-16/h4-5,8,15H,2-3,6-7,9-10H2,1H3. The van der Waals surface area contributed by atoms with Crippen LogP contribution in [0.1, 0.15) is 18.4 Å². The summed E-state index contributed by atoms with van der Waals surface area (Å²) in [5.41, 5.74) is 0.680. The van der Waals surface area contributed by atoms with Crippen LogP contribution in [0.25, 0.3) is 0 Å². The molecule has 1 N–H and O–H groups in total. The van der Waals surface area contributed by atoms with Crippen LogP contribution in [0.2, 0.25) is 0 Å². The Labute approximate surface area is 123 Å². The van der Waals surface area contributed by atoms with Gasteiger partial charge in [-0.3, -0.25) is 14.9 Å². The van der Waals surface area contributed by atoms with Gasteiger partial charge in [-0.15, -0.1) is 0 Å². The lowest BCUT2D eigenvalue weighted by Crippen LogP contribution is -2.32. The van der Waals surface area contributed by atoms with Gasteiger partial charge in [0.2, 0.25) is 0 Å². The number of hydrogen-bond acceptors (Lipinski definition) is 5. The maximum absolute atomic E-state index is 11.9. The molecular formula is C14H19N3O4. The Morgan fingerprint density at radius 3 is 2.76 bits per heavy atom. The van der Waals surface area contributed by atoms with Crippen molar-refractivity contribution in [3.8, 4) is 5.75 Å². The van der Waals surface area contributed by atoms with Gasteiger partial charge in [-0.1, -0.05) is 6.07 Å². The predicted molar refractivity (Wildman–Crippen MR) is 77.2 cm³/mol. The molecule has 1 amide bonds. The molecule has 1 aliphatic rings. The molecule has 0 spiro atoms. The Hall–Kier alpha value is -2.15. The van der Waals surface area contributed by atoms with Gasteiger partial charge in [-0.05, 0) is 31.5 Å². The maximum atomic E-state index is 11.9. The van der Waals surface area contributed by atoms with E-state index in [1.807, 2.05) is 0 Å². The first-order valence-corrected chi connectivity index (χ1v) is 6.94. The minimum Gasteiger partial charge on any atom is -0.477 e. The van der Waals surface area contributed by atoms with Gasteiger partial charge in [-0.25, -0.2) is 0 Å². The lowest BCUT2D eigenvalue weighted by Gasteiger charge is -2.15. The van der Waals surface area contributed by atoms with E-state index in [9.17, 15) is 14.9 Å². The van der Waals surface area contributed by atoms with E-state index in [0.717, 1.165) is 31.5 Å². The zero-order chi connectivity index (χ0) is 15.2. The van der Waals surface area contributed by atoms with Crippen molar-refractivity contribution in [3.05, 3.63) is 33.9 Å². The molecule has 0 unspecified atom stereocenters. The minimum absolute atomic E-state index is 0.114. The Balaban J connectivity index is 2.04. The smallest absolute Gasteiger partial charge is 0.311 e. The molecule has 1 aromatic carbocycles. The molecule has 1 saturated heterocycles. The molecule has 21 heavy (non-hydrogen) atoms. The Kier molecular flexibility index (Phi) is 5.10. The van der Waals surface area contributed by atoms with Crippen molar-refractivity contribution < 1.29 is 14.5 Å². The van der Waals surface area contributed by atoms with Gasteiger partial charge in [0.1, 0.15) is 0 Å². The monoisotopic (exact) mass is 293 g/mol. The quantitative estimate of drug-likeness (QED) is 0.631. The summed E-state index contributed by atoms with van der Waals surface area (Å²) in [6.45, 7) is 1.86. The molecule has 2 rings (SSSR count). The van der Waals surface area contributed by atoms with E-state index >= 15 is 0 Å². The number of carbonyl (C=O) groups is 1. The van der Waals surface area contributed by atoms with E-state index < -0.39 is 4.92 Å². The number of benzene rings is 1. The van der Waals surface area contributed by atoms with Gasteiger partial charge in [0.15, 0.2) is 12.4 Å². The van der Waals surface area contributed by atoms with E-state index in [0.29, 0.717) is 6.54 Å². The number of nitro groups is 1. The van der Waals surface area contributed by atoms with Crippen molar-refractivity contribution in [2.24, 2.45) is 0 Å². The SMILES string of the molecule is CNCc1ccc(OCC(=O)N2CCCC2)c([N+](=O)[O-])c1. The van der Waals surface area contributed by atoms with E-state index in [1.54, 1.807) is 24.1 Å². The molecule has 0 radical (unpaired) electrons. The first kappa shape index (κ1) is 15.2. The van der Waals surface area contributed by atoms with Crippen LogP contribution >= 0.6 is 0 Å². The normalized spacial score (nSPS) is 14.2. The van der Waals surface area contributed by atoms with Gasteiger partial charge in [-0.2, -0.15) is 0 Å². The highest BCUT2D eigenvalue weighted by atomic mass is 16.6. The summed E-state index contributed by atoms with van der Waals surface area (Å²) in [5.74, 6) is 0.00787. The third-order valence-electron chi connectivity index (χ3n) is 3.41. The number of amides is 1. The van der Waals surface area contributed by atoms with Crippen LogP contribution in [0.4, 0.5) is 5.69 Å². The zero-order valence-corrected chi connectivity index (χ0v) is 12.0. The number of nitrogens with one attached hydrogen (secondary N) is 1. The number of hydrogen-bond donors (Lipinski definition) is 1. The summed E-state index contributed by atoms with van der Waals surface area (Å²) in [4.78, 5) is 24.2. The Morgan fingerprint density at radius 2 is 2.14 bits per heavy atom. The first-order chi connectivity index (χ1) is 10.1. The van der Waals surface area contributed by atoms with Crippen LogP contribution in [0.5, 0.6) is 5.75 Å². The third-order valence-corrected chi connectivity index (χ3v) is 3.41. The fourth-order valence-electron chi connectivity index (χ4n) is 2.34. The van der Waals surface area contributed by atoms with Crippen LogP contribution in [0, 0.1) is 10.1 Å². The molecule has 1 fully saturated rings. The van der Waals surface area contributed by atoms with Crippen molar-refractivity contribution in [3.63, 3.8) is 0 Å². The van der Waals surface area contributed by atoms with Gasteiger partial charge in [0.25, 0.3) is 5.91 Å². The lowest BCUT2D eigenvalue weighted by molar-refractivity contribution is -0.385. The molecule has 114 valence electrons. The van der Waals surface area contributed by atoms with E-state index in [1.165, 1.54) is 6.07 Å². The van der Waals surface area contributed by atoms with Crippen LogP contribution in [-0.4, -0.2) is 42.5 Å². The molecule has 0 aromatic heterocycles. The topological polar surface area (TPSA) is 84.7 Å². The molecule has 1 heterocycles. The highest BCUT2D eigenvalue weighted by molar-refractivity contribution is 5.78. The van der Waals surface area contributed by atoms with Crippen molar-refractivity contribution >= 4 is 11.6 Å². The second-order valence-corrected chi connectivity index (χ2v) is 4.97. The molecule has 0 bridgehead atoms. The van der Waals surface area contributed by atoms with E-state index in [-0.39, 0.29) is 24.0 Å². The van der Waals surface area contributed by atoms with Crippen LogP contribution < -0.4 is 10.1 Å². The van der Waals surface area contributed by atoms with Gasteiger partial charge in [0, 0.05) is 25.7 Å². The summed E-state index contributed by atoms with van der Waals surface area (Å²) in [5, 5.41) is 14.0. The van der Waals surface area contributed by atoms with E-state index in [4.69, 9.17) is 4.74 Å². The second-order valence-electron chi connectivity index (χ2n) is 4.97. The molecule has 0 saturated carbocycles. The fraction of sp³-hybridized carbons (Fsp3) is 0.500. The van der Waals surface area contributed by atoms with Crippen LogP contribution in [0.3, 0.4) is 0 Å². The molecule has 0 aliphatic carbocycles.